The van der Waals surface area contributed by atoms with Gasteiger partial charge in [0.1, 0.15) is 5.82 Å². The van der Waals surface area contributed by atoms with E-state index < -0.39 is 0 Å². The molecule has 0 saturated carbocycles. The molecule has 2 aromatic rings. The van der Waals surface area contributed by atoms with Crippen LogP contribution in [0.25, 0.3) is 0 Å². The van der Waals surface area contributed by atoms with E-state index in [-0.39, 0.29) is 11.2 Å². The van der Waals surface area contributed by atoms with Crippen molar-refractivity contribution in [2.24, 2.45) is 5.92 Å². The third kappa shape index (κ3) is 4.41. The van der Waals surface area contributed by atoms with E-state index >= 15 is 0 Å². The van der Waals surface area contributed by atoms with Crippen LogP contribution in [0.3, 0.4) is 0 Å². The van der Waals surface area contributed by atoms with Crippen molar-refractivity contribution in [1.82, 2.24) is 15.0 Å². The first kappa shape index (κ1) is 17.1. The Balaban J connectivity index is 1.49. The van der Waals surface area contributed by atoms with Crippen LogP contribution in [0.5, 0.6) is 0 Å². The minimum atomic E-state index is -0.143. The molecule has 3 rings (SSSR count). The van der Waals surface area contributed by atoms with Crippen molar-refractivity contribution in [1.29, 1.82) is 0 Å². The van der Waals surface area contributed by atoms with Crippen molar-refractivity contribution < 1.29 is 8.91 Å². The van der Waals surface area contributed by atoms with Gasteiger partial charge in [-0.2, -0.15) is 4.98 Å². The molecule has 130 valence electrons. The van der Waals surface area contributed by atoms with Gasteiger partial charge in [0.25, 0.3) is 0 Å². The summed E-state index contributed by atoms with van der Waals surface area (Å²) in [5, 5.41) is 4.08. The summed E-state index contributed by atoms with van der Waals surface area (Å²) in [4.78, 5) is 6.87. The lowest BCUT2D eigenvalue weighted by Gasteiger charge is -2.31. The molecule has 2 heterocycles. The number of halogens is 1. The largest absolute Gasteiger partial charge is 0.338 e. The lowest BCUT2D eigenvalue weighted by Crippen LogP contribution is -2.34. The van der Waals surface area contributed by atoms with Gasteiger partial charge < -0.3 is 4.52 Å². The van der Waals surface area contributed by atoms with Crippen LogP contribution in [0.1, 0.15) is 50.9 Å². The lowest BCUT2D eigenvalue weighted by molar-refractivity contribution is 0.158. The molecule has 0 aliphatic carbocycles. The second kappa shape index (κ2) is 7.01. The summed E-state index contributed by atoms with van der Waals surface area (Å²) < 4.78 is 18.7. The van der Waals surface area contributed by atoms with Gasteiger partial charge >= 0.3 is 0 Å². The van der Waals surface area contributed by atoms with Gasteiger partial charge in [0.2, 0.25) is 5.89 Å². The predicted octanol–water partition coefficient (Wildman–Crippen LogP) is 3.96. The molecule has 1 aliphatic rings. The second-order valence-corrected chi connectivity index (χ2v) is 7.82. The lowest BCUT2D eigenvalue weighted by atomic mass is 9.90. The predicted molar refractivity (Wildman–Crippen MR) is 91.1 cm³/mol. The molecule has 1 aromatic heterocycles. The number of likely N-dealkylation sites (tertiary alicyclic amines) is 1. The summed E-state index contributed by atoms with van der Waals surface area (Å²) >= 11 is 0. The Morgan fingerprint density at radius 1 is 1.25 bits per heavy atom. The van der Waals surface area contributed by atoms with E-state index in [1.165, 1.54) is 6.07 Å². The molecule has 0 unspecified atom stereocenters. The summed E-state index contributed by atoms with van der Waals surface area (Å²) in [5.41, 5.74) is 1.01. The summed E-state index contributed by atoms with van der Waals surface area (Å²) in [5.74, 6) is 1.94. The van der Waals surface area contributed by atoms with E-state index in [4.69, 9.17) is 4.52 Å². The van der Waals surface area contributed by atoms with Gasteiger partial charge in [-0.25, -0.2) is 4.39 Å². The Bertz CT molecular complexity index is 669. The van der Waals surface area contributed by atoms with E-state index in [0.717, 1.165) is 50.3 Å². The van der Waals surface area contributed by atoms with Crippen LogP contribution in [0.4, 0.5) is 4.39 Å². The molecule has 1 aliphatic heterocycles. The normalized spacial score (nSPS) is 17.3. The van der Waals surface area contributed by atoms with E-state index in [1.54, 1.807) is 12.1 Å². The highest BCUT2D eigenvalue weighted by molar-refractivity contribution is 5.17. The molecule has 1 aromatic carbocycles. The highest BCUT2D eigenvalue weighted by Gasteiger charge is 2.24. The Hall–Kier alpha value is -1.75. The molecule has 0 amide bonds. The first-order valence-electron chi connectivity index (χ1n) is 8.70. The topological polar surface area (TPSA) is 42.2 Å². The number of benzene rings is 1. The van der Waals surface area contributed by atoms with Gasteiger partial charge in [0.15, 0.2) is 5.82 Å². The smallest absolute Gasteiger partial charge is 0.240 e. The van der Waals surface area contributed by atoms with E-state index in [1.807, 2.05) is 6.07 Å². The van der Waals surface area contributed by atoms with E-state index in [9.17, 15) is 4.39 Å². The maximum atomic E-state index is 13.3. The molecule has 0 bridgehead atoms. The minimum absolute atomic E-state index is 0.0836. The fourth-order valence-electron chi connectivity index (χ4n) is 3.16. The highest BCUT2D eigenvalue weighted by Crippen LogP contribution is 2.24. The SMILES string of the molecule is CC(C)(C)c1noc(CN2CCC(Cc3cccc(F)c3)CC2)n1. The van der Waals surface area contributed by atoms with E-state index in [2.05, 4.69) is 35.8 Å². The molecule has 1 fully saturated rings. The standard InChI is InChI=1S/C19H26FN3O/c1-19(2,3)18-21-17(24-22-18)13-23-9-7-14(8-10-23)11-15-5-4-6-16(20)12-15/h4-6,12,14H,7-11,13H2,1-3H3. The van der Waals surface area contributed by atoms with Crippen molar-refractivity contribution >= 4 is 0 Å². The number of nitrogens with zero attached hydrogens (tertiary/aromatic N) is 3. The van der Waals surface area contributed by atoms with Crippen molar-refractivity contribution in [3.05, 3.63) is 47.4 Å². The Morgan fingerprint density at radius 3 is 2.62 bits per heavy atom. The molecule has 24 heavy (non-hydrogen) atoms. The van der Waals surface area contributed by atoms with Crippen LogP contribution in [-0.4, -0.2) is 28.1 Å². The number of piperidine rings is 1. The van der Waals surface area contributed by atoms with Crippen molar-refractivity contribution in [3.63, 3.8) is 0 Å². The molecule has 4 nitrogen and oxygen atoms in total. The van der Waals surface area contributed by atoms with Gasteiger partial charge in [-0.3, -0.25) is 4.90 Å². The maximum absolute atomic E-state index is 13.3. The summed E-state index contributed by atoms with van der Waals surface area (Å²) in [6, 6.07) is 6.96. The van der Waals surface area contributed by atoms with Crippen molar-refractivity contribution in [2.75, 3.05) is 13.1 Å². The highest BCUT2D eigenvalue weighted by atomic mass is 19.1. The fourth-order valence-corrected chi connectivity index (χ4v) is 3.16. The number of rotatable bonds is 4. The van der Waals surface area contributed by atoms with Crippen LogP contribution in [-0.2, 0) is 18.4 Å². The fraction of sp³-hybridized carbons (Fsp3) is 0.579. The van der Waals surface area contributed by atoms with Gasteiger partial charge in [-0.1, -0.05) is 38.1 Å². The molecule has 0 radical (unpaired) electrons. The van der Waals surface area contributed by atoms with Crippen LogP contribution in [0.15, 0.2) is 28.8 Å². The van der Waals surface area contributed by atoms with Gasteiger partial charge in [0.05, 0.1) is 6.54 Å². The first-order chi connectivity index (χ1) is 11.4. The molecular formula is C19H26FN3O. The second-order valence-electron chi connectivity index (χ2n) is 7.82. The zero-order valence-electron chi connectivity index (χ0n) is 14.8. The Morgan fingerprint density at radius 2 is 2.00 bits per heavy atom. The summed E-state index contributed by atoms with van der Waals surface area (Å²) in [7, 11) is 0. The maximum Gasteiger partial charge on any atom is 0.240 e. The minimum Gasteiger partial charge on any atom is -0.338 e. The number of hydrogen-bond donors (Lipinski definition) is 0. The third-order valence-corrected chi connectivity index (χ3v) is 4.62. The molecule has 0 atom stereocenters. The Kier molecular flexibility index (Phi) is 4.99. The summed E-state index contributed by atoms with van der Waals surface area (Å²) in [6.45, 7) is 9.01. The number of aromatic nitrogens is 2. The zero-order chi connectivity index (χ0) is 17.2. The van der Waals surface area contributed by atoms with Gasteiger partial charge in [-0.05, 0) is 56.0 Å². The van der Waals surface area contributed by atoms with Crippen LogP contribution >= 0.6 is 0 Å². The molecular weight excluding hydrogens is 305 g/mol. The molecule has 5 heteroatoms. The van der Waals surface area contributed by atoms with Crippen LogP contribution in [0, 0.1) is 11.7 Å². The van der Waals surface area contributed by atoms with Gasteiger partial charge in [0, 0.05) is 5.41 Å². The van der Waals surface area contributed by atoms with Crippen LogP contribution < -0.4 is 0 Å². The zero-order valence-corrected chi connectivity index (χ0v) is 14.8. The third-order valence-electron chi connectivity index (χ3n) is 4.62. The average Bonchev–Trinajstić information content (AvgIpc) is 2.98. The van der Waals surface area contributed by atoms with E-state index in [0.29, 0.717) is 11.8 Å². The molecule has 0 spiro atoms. The molecule has 0 N–H and O–H groups in total. The molecule has 1 saturated heterocycles. The quantitative estimate of drug-likeness (QED) is 0.850. The number of hydrogen-bond acceptors (Lipinski definition) is 4. The van der Waals surface area contributed by atoms with Crippen molar-refractivity contribution in [2.45, 2.75) is 52.0 Å². The summed E-state index contributed by atoms with van der Waals surface area (Å²) in [6.07, 6.45) is 3.20. The Labute approximate surface area is 143 Å². The average molecular weight is 331 g/mol. The van der Waals surface area contributed by atoms with Crippen LogP contribution in [0.2, 0.25) is 0 Å². The van der Waals surface area contributed by atoms with Crippen molar-refractivity contribution in [3.8, 4) is 0 Å². The monoisotopic (exact) mass is 331 g/mol. The first-order valence-corrected chi connectivity index (χ1v) is 8.70. The van der Waals surface area contributed by atoms with Gasteiger partial charge in [-0.15, -0.1) is 0 Å².